The number of nitrogens with one attached hydrogen (secondary N) is 4. The molecule has 75 heavy (non-hydrogen) atoms. The Kier molecular flexibility index (Phi) is 22.7. The molecule has 2 fully saturated rings. The number of rotatable bonds is 29. The summed E-state index contributed by atoms with van der Waals surface area (Å²) in [7, 11) is -19.6. The molecule has 2 aliphatic rings. The van der Waals surface area contributed by atoms with Crippen LogP contribution < -0.4 is 32.5 Å². The van der Waals surface area contributed by atoms with Gasteiger partial charge in [0.25, 0.3) is 11.5 Å². The number of aliphatic hydroxyl groups is 2. The minimum Gasteiger partial charge on any atom is -0.448 e. The van der Waals surface area contributed by atoms with Gasteiger partial charge in [0.05, 0.1) is 31.7 Å². The van der Waals surface area contributed by atoms with E-state index in [1.807, 2.05) is 0 Å². The highest BCUT2D eigenvalue weighted by Gasteiger charge is 2.43. The van der Waals surface area contributed by atoms with Crippen molar-refractivity contribution in [1.82, 2.24) is 44.6 Å². The number of aromatic nitrogens is 6. The van der Waals surface area contributed by atoms with Crippen molar-refractivity contribution in [2.45, 2.75) is 94.2 Å². The summed E-state index contributed by atoms with van der Waals surface area (Å²) >= 11 is 0. The van der Waals surface area contributed by atoms with Gasteiger partial charge in [0.2, 0.25) is 11.8 Å². The van der Waals surface area contributed by atoms with E-state index in [2.05, 4.69) is 53.9 Å². The number of anilines is 1. The second-order valence-corrected chi connectivity index (χ2v) is 24.0. The summed E-state index contributed by atoms with van der Waals surface area (Å²) in [5, 5.41) is 30.0. The summed E-state index contributed by atoms with van der Waals surface area (Å²) in [5.41, 5.74) is -1.32. The summed E-state index contributed by atoms with van der Waals surface area (Å²) in [6.07, 6.45) is -3.46. The maximum Gasteiger partial charge on any atom is 0.490 e. The van der Waals surface area contributed by atoms with Gasteiger partial charge in [-0.1, -0.05) is 28.0 Å². The zero-order chi connectivity index (χ0) is 55.3. The summed E-state index contributed by atoms with van der Waals surface area (Å²) in [6.45, 7) is -0.566. The second kappa shape index (κ2) is 27.5. The van der Waals surface area contributed by atoms with Gasteiger partial charge in [0.15, 0.2) is 22.4 Å². The van der Waals surface area contributed by atoms with Crippen molar-refractivity contribution in [2.75, 3.05) is 44.0 Å². The van der Waals surface area contributed by atoms with E-state index in [1.54, 1.807) is 0 Å². The molecule has 4 amide bonds. The van der Waals surface area contributed by atoms with Gasteiger partial charge in [-0.3, -0.25) is 47.2 Å². The SMILES string of the molecule is CC(=O)NC(SSCCOC(=O)Nc1ncnc2c1ncn2C1CC(O)C(COP(=O)(O)OP(=O)(O)OP(=O)(O)O)O1)C(=O)NCCCCCC(=O)NCCn1c(=O)ccn(C2CC(O)C(COP(=O)(O)O)O2)c1=O. The van der Waals surface area contributed by atoms with Gasteiger partial charge in [-0.05, 0) is 12.8 Å². The minimum atomic E-state index is -5.78. The van der Waals surface area contributed by atoms with Gasteiger partial charge < -0.3 is 69.7 Å². The number of hydrogen-bond donors (Lipinski definition) is 12. The third-order valence-electron chi connectivity index (χ3n) is 10.1. The molecule has 9 unspecified atom stereocenters. The van der Waals surface area contributed by atoms with Crippen LogP contribution >= 0.6 is 52.9 Å². The smallest absolute Gasteiger partial charge is 0.448 e. The maximum atomic E-state index is 13.1. The van der Waals surface area contributed by atoms with Crippen LogP contribution in [-0.4, -0.2) is 160 Å². The molecule has 0 radical (unpaired) electrons. The monoisotopic (exact) mass is 1190 g/mol. The zero-order valence-corrected chi connectivity index (χ0v) is 44.1. The Morgan fingerprint density at radius 1 is 0.827 bits per heavy atom. The van der Waals surface area contributed by atoms with E-state index in [9.17, 15) is 67.0 Å². The Hall–Kier alpha value is -4.03. The van der Waals surface area contributed by atoms with Crippen molar-refractivity contribution in [3.8, 4) is 0 Å². The fourth-order valence-electron chi connectivity index (χ4n) is 6.85. The number of carbonyl (C=O) groups is 4. The largest absolute Gasteiger partial charge is 0.490 e. The lowest BCUT2D eigenvalue weighted by molar-refractivity contribution is -0.125. The minimum absolute atomic E-state index is 0.0464. The lowest BCUT2D eigenvalue weighted by atomic mass is 10.2. The van der Waals surface area contributed by atoms with Gasteiger partial charge in [-0.15, -0.1) is 0 Å². The van der Waals surface area contributed by atoms with Crippen LogP contribution in [-0.2, 0) is 71.1 Å². The molecule has 5 rings (SSSR count). The Bertz CT molecular complexity index is 2820. The zero-order valence-electron chi connectivity index (χ0n) is 38.8. The number of aliphatic hydroxyl groups excluding tert-OH is 2. The lowest BCUT2D eigenvalue weighted by Gasteiger charge is -2.19. The number of carbonyl (C=O) groups excluding carboxylic acids is 4. The number of nitrogens with zero attached hydrogens (tertiary/aromatic N) is 6. The van der Waals surface area contributed by atoms with E-state index in [4.69, 9.17) is 33.8 Å². The first-order chi connectivity index (χ1) is 35.1. The number of phosphoric ester groups is 2. The molecule has 9 atom stereocenters. The van der Waals surface area contributed by atoms with Crippen molar-refractivity contribution in [3.63, 3.8) is 0 Å². The average Bonchev–Trinajstić information content (AvgIpc) is 4.01. The van der Waals surface area contributed by atoms with Crippen molar-refractivity contribution in [3.05, 3.63) is 45.8 Å². The van der Waals surface area contributed by atoms with Crippen LogP contribution in [0.3, 0.4) is 0 Å². The molecule has 12 N–H and O–H groups in total. The molecule has 0 spiro atoms. The maximum absolute atomic E-state index is 13.1. The van der Waals surface area contributed by atoms with E-state index in [0.29, 0.717) is 19.3 Å². The molecular formula is C34H52N10O25P4S2. The van der Waals surface area contributed by atoms with E-state index < -0.39 is 116 Å². The molecule has 35 nitrogen and oxygen atoms in total. The van der Waals surface area contributed by atoms with E-state index in [1.165, 1.54) is 17.8 Å². The third kappa shape index (κ3) is 20.1. The number of hydrogen-bond acceptors (Lipinski definition) is 24. The van der Waals surface area contributed by atoms with Crippen molar-refractivity contribution >= 4 is 93.7 Å². The highest BCUT2D eigenvalue weighted by atomic mass is 33.1. The summed E-state index contributed by atoms with van der Waals surface area (Å²) in [4.78, 5) is 142. The third-order valence-corrected chi connectivity index (χ3v) is 16.9. The molecule has 2 aliphatic heterocycles. The molecule has 3 aromatic rings. The molecule has 420 valence electrons. The van der Waals surface area contributed by atoms with Gasteiger partial charge in [-0.25, -0.2) is 42.8 Å². The molecule has 2 saturated heterocycles. The van der Waals surface area contributed by atoms with Gasteiger partial charge in [0, 0.05) is 63.8 Å². The molecule has 0 bridgehead atoms. The van der Waals surface area contributed by atoms with Crippen molar-refractivity contribution in [2.24, 2.45) is 0 Å². The quantitative estimate of drug-likeness (QED) is 0.0168. The normalized spacial score (nSPS) is 22.0. The molecule has 3 aromatic heterocycles. The number of imidazole rings is 1. The molecular weight excluding hydrogens is 1140 g/mol. The Morgan fingerprint density at radius 2 is 1.49 bits per heavy atom. The predicted octanol–water partition coefficient (Wildman–Crippen LogP) is -1.22. The van der Waals surface area contributed by atoms with Crippen LogP contribution in [0.25, 0.3) is 11.2 Å². The Labute approximate surface area is 429 Å². The van der Waals surface area contributed by atoms with Gasteiger partial charge in [0.1, 0.15) is 37.6 Å². The number of unbranched alkanes of at least 4 members (excludes halogenated alkanes) is 2. The molecule has 0 aromatic carbocycles. The predicted molar refractivity (Wildman–Crippen MR) is 254 cm³/mol. The first kappa shape index (κ1) is 61.8. The van der Waals surface area contributed by atoms with E-state index >= 15 is 0 Å². The van der Waals surface area contributed by atoms with Crippen LogP contribution in [0.4, 0.5) is 10.6 Å². The fraction of sp³-hybridized carbons (Fsp3) is 0.618. The summed E-state index contributed by atoms with van der Waals surface area (Å²) in [6, 6.07) is 1.09. The van der Waals surface area contributed by atoms with Crippen LogP contribution in [0.15, 0.2) is 34.5 Å². The number of amides is 4. The molecule has 5 heterocycles. The van der Waals surface area contributed by atoms with E-state index in [-0.39, 0.29) is 74.1 Å². The van der Waals surface area contributed by atoms with E-state index in [0.717, 1.165) is 49.3 Å². The van der Waals surface area contributed by atoms with Gasteiger partial charge >= 0.3 is 43.1 Å². The summed E-state index contributed by atoms with van der Waals surface area (Å²) < 4.78 is 81.5. The topological polar surface area (TPSA) is 499 Å². The number of phosphoric acid groups is 4. The van der Waals surface area contributed by atoms with Crippen LogP contribution in [0.2, 0.25) is 0 Å². The Balaban J connectivity index is 0.966. The fourth-order valence-corrected chi connectivity index (χ4v) is 12.3. The lowest BCUT2D eigenvalue weighted by Crippen LogP contribution is -2.43. The number of fused-ring (bicyclic) bond motifs is 1. The first-order valence-electron chi connectivity index (χ1n) is 21.8. The van der Waals surface area contributed by atoms with Crippen LogP contribution in [0.1, 0.15) is 57.9 Å². The highest BCUT2D eigenvalue weighted by Crippen LogP contribution is 2.66. The summed E-state index contributed by atoms with van der Waals surface area (Å²) in [5.74, 6) is -1.30. The molecule has 0 aliphatic carbocycles. The molecule has 41 heteroatoms. The first-order valence-corrected chi connectivity index (χ1v) is 30.2. The standard InChI is InChI=1S/C34H52N10O25P4S2/c1-19(45)40-32(31(50)36-7-4-2-3-5-24(48)35-8-10-42-25(49)6-9-43(34(42)52)26-13-20(46)22(66-26)15-64-70(53,54)55)75-74-12-11-63-33(51)41-29-28-30(38-17-37-29)44(18-39-28)27-14-21(47)23(67-27)16-65-72(59,60)69-73(61,62)68-71(56,57)58/h6,9,17-18,20-23,26-27,32,46-47H,2-5,7-8,10-16H2,1H3,(H,35,48)(H,36,50)(H,40,45)(H,59,60)(H,61,62)(H2,53,54,55)(H2,56,57,58)(H,37,38,41,51). The number of ether oxygens (including phenoxy) is 3. The van der Waals surface area contributed by atoms with Crippen LogP contribution in [0.5, 0.6) is 0 Å². The highest BCUT2D eigenvalue weighted by molar-refractivity contribution is 8.77. The van der Waals surface area contributed by atoms with Crippen molar-refractivity contribution < 1.29 is 109 Å². The average molecular weight is 1190 g/mol. The molecule has 0 saturated carbocycles. The van der Waals surface area contributed by atoms with Crippen molar-refractivity contribution in [1.29, 1.82) is 0 Å². The Morgan fingerprint density at radius 3 is 2.15 bits per heavy atom. The second-order valence-electron chi connectivity index (χ2n) is 15.8. The van der Waals surface area contributed by atoms with Gasteiger partial charge in [-0.2, -0.15) is 8.62 Å². The van der Waals surface area contributed by atoms with Crippen LogP contribution in [0, 0.1) is 0 Å².